The van der Waals surface area contributed by atoms with Crippen molar-refractivity contribution in [3.8, 4) is 0 Å². The molecule has 0 fully saturated rings. The number of hydrogen-bond donors (Lipinski definition) is 2. The van der Waals surface area contributed by atoms with Gasteiger partial charge in [-0.3, -0.25) is 14.8 Å². The molecular weight excluding hydrogens is 512 g/mol. The number of anilines is 1. The third-order valence-corrected chi connectivity index (χ3v) is 5.96. The number of nitrogens with zero attached hydrogens (tertiary/aromatic N) is 2. The SMILES string of the molecule is O=C(C=CC=C(c1ccc(C(F)(F)F)nc1)c1ccc(C(F)(F)F)nc1)Nc1cccc2c1CC(O)CC2. The molecule has 1 amide bonds. The van der Waals surface area contributed by atoms with Gasteiger partial charge in [0.2, 0.25) is 5.91 Å². The van der Waals surface area contributed by atoms with E-state index in [1.54, 1.807) is 12.1 Å². The normalized spacial score (nSPS) is 15.7. The first-order valence-corrected chi connectivity index (χ1v) is 11.5. The number of aryl methyl sites for hydroxylation is 1. The number of amides is 1. The number of carbonyl (C=O) groups excluding carboxylic acids is 1. The first-order chi connectivity index (χ1) is 17.9. The summed E-state index contributed by atoms with van der Waals surface area (Å²) >= 11 is 0. The number of aliphatic hydroxyl groups excluding tert-OH is 1. The summed E-state index contributed by atoms with van der Waals surface area (Å²) in [4.78, 5) is 19.4. The largest absolute Gasteiger partial charge is 0.433 e. The molecule has 2 N–H and O–H groups in total. The molecule has 3 aromatic rings. The second kappa shape index (κ2) is 10.8. The van der Waals surface area contributed by atoms with Gasteiger partial charge < -0.3 is 10.4 Å². The van der Waals surface area contributed by atoms with Gasteiger partial charge in [-0.2, -0.15) is 26.3 Å². The Morgan fingerprint density at radius 2 is 1.53 bits per heavy atom. The molecule has 0 saturated heterocycles. The Kier molecular flexibility index (Phi) is 7.68. The maximum atomic E-state index is 12.9. The molecule has 1 unspecified atom stereocenters. The van der Waals surface area contributed by atoms with Crippen LogP contribution in [0.5, 0.6) is 0 Å². The van der Waals surface area contributed by atoms with Crippen molar-refractivity contribution >= 4 is 17.2 Å². The lowest BCUT2D eigenvalue weighted by atomic mass is 9.88. The van der Waals surface area contributed by atoms with Gasteiger partial charge in [0.1, 0.15) is 11.4 Å². The van der Waals surface area contributed by atoms with E-state index in [0.29, 0.717) is 24.9 Å². The van der Waals surface area contributed by atoms with Crippen molar-refractivity contribution in [3.63, 3.8) is 0 Å². The number of rotatable bonds is 5. The molecule has 2 aromatic heterocycles. The van der Waals surface area contributed by atoms with Crippen molar-refractivity contribution < 1.29 is 36.2 Å². The first-order valence-electron chi connectivity index (χ1n) is 11.5. The molecule has 0 saturated carbocycles. The van der Waals surface area contributed by atoms with Gasteiger partial charge >= 0.3 is 12.4 Å². The molecule has 0 spiro atoms. The van der Waals surface area contributed by atoms with E-state index in [-0.39, 0.29) is 16.7 Å². The number of fused-ring (bicyclic) bond motifs is 1. The predicted molar refractivity (Wildman–Crippen MR) is 128 cm³/mol. The average Bonchev–Trinajstić information content (AvgIpc) is 2.86. The second-order valence-electron chi connectivity index (χ2n) is 8.63. The molecule has 0 radical (unpaired) electrons. The summed E-state index contributed by atoms with van der Waals surface area (Å²) in [6.45, 7) is 0. The van der Waals surface area contributed by atoms with Crippen molar-refractivity contribution in [1.29, 1.82) is 0 Å². The Hall–Kier alpha value is -3.99. The molecule has 2 heterocycles. The van der Waals surface area contributed by atoms with Crippen LogP contribution >= 0.6 is 0 Å². The van der Waals surface area contributed by atoms with Crippen LogP contribution in [0.25, 0.3) is 5.57 Å². The molecule has 0 aliphatic heterocycles. The third-order valence-electron chi connectivity index (χ3n) is 5.96. The Bertz CT molecular complexity index is 1300. The summed E-state index contributed by atoms with van der Waals surface area (Å²) in [5.41, 5.74) is 0.733. The number of alkyl halides is 6. The van der Waals surface area contributed by atoms with E-state index in [1.165, 1.54) is 18.2 Å². The maximum Gasteiger partial charge on any atom is 0.433 e. The zero-order valence-corrected chi connectivity index (χ0v) is 19.6. The van der Waals surface area contributed by atoms with Gasteiger partial charge in [-0.15, -0.1) is 0 Å². The molecule has 11 heteroatoms. The lowest BCUT2D eigenvalue weighted by Crippen LogP contribution is -2.21. The van der Waals surface area contributed by atoms with E-state index in [4.69, 9.17) is 0 Å². The molecule has 5 nitrogen and oxygen atoms in total. The maximum absolute atomic E-state index is 12.9. The van der Waals surface area contributed by atoms with Crippen LogP contribution in [0.2, 0.25) is 0 Å². The van der Waals surface area contributed by atoms with E-state index < -0.39 is 35.8 Å². The van der Waals surface area contributed by atoms with E-state index in [9.17, 15) is 36.2 Å². The molecule has 1 aliphatic carbocycles. The molecular formula is C27H21F6N3O2. The quantitative estimate of drug-likeness (QED) is 0.240. The van der Waals surface area contributed by atoms with Gasteiger partial charge in [-0.05, 0) is 47.7 Å². The summed E-state index contributed by atoms with van der Waals surface area (Å²) in [6.07, 6.45) is -2.34. The van der Waals surface area contributed by atoms with Crippen LogP contribution in [0, 0.1) is 0 Å². The van der Waals surface area contributed by atoms with Crippen LogP contribution in [0.15, 0.2) is 73.1 Å². The fourth-order valence-electron chi connectivity index (χ4n) is 4.09. The van der Waals surface area contributed by atoms with Gasteiger partial charge in [0.05, 0.1) is 6.10 Å². The molecule has 0 bridgehead atoms. The highest BCUT2D eigenvalue weighted by molar-refractivity contribution is 6.00. The van der Waals surface area contributed by atoms with Crippen molar-refractivity contribution in [3.05, 3.63) is 107 Å². The summed E-state index contributed by atoms with van der Waals surface area (Å²) < 4.78 is 77.6. The van der Waals surface area contributed by atoms with Gasteiger partial charge in [0.15, 0.2) is 0 Å². The highest BCUT2D eigenvalue weighted by Gasteiger charge is 2.33. The minimum Gasteiger partial charge on any atom is -0.393 e. The number of nitrogens with one attached hydrogen (secondary N) is 1. The average molecular weight is 533 g/mol. The summed E-state index contributed by atoms with van der Waals surface area (Å²) in [7, 11) is 0. The van der Waals surface area contributed by atoms with Crippen molar-refractivity contribution in [2.24, 2.45) is 0 Å². The van der Waals surface area contributed by atoms with Gasteiger partial charge in [0.25, 0.3) is 0 Å². The van der Waals surface area contributed by atoms with Crippen LogP contribution in [-0.4, -0.2) is 27.1 Å². The Balaban J connectivity index is 1.61. The van der Waals surface area contributed by atoms with Crippen molar-refractivity contribution in [1.82, 2.24) is 9.97 Å². The predicted octanol–water partition coefficient (Wildman–Crippen LogP) is 5.99. The van der Waals surface area contributed by atoms with Gasteiger partial charge in [0, 0.05) is 41.7 Å². The lowest BCUT2D eigenvalue weighted by Gasteiger charge is -2.23. The number of hydrogen-bond acceptors (Lipinski definition) is 4. The van der Waals surface area contributed by atoms with Crippen LogP contribution < -0.4 is 5.32 Å². The highest BCUT2D eigenvalue weighted by Crippen LogP contribution is 2.32. The number of aromatic nitrogens is 2. The minimum atomic E-state index is -4.66. The fraction of sp³-hybridized carbons (Fsp3) is 0.222. The van der Waals surface area contributed by atoms with Crippen LogP contribution in [-0.2, 0) is 30.0 Å². The number of pyridine rings is 2. The molecule has 1 aliphatic rings. The zero-order chi connectivity index (χ0) is 27.5. The standard InChI is InChI=1S/C27H21F6N3O2/c28-26(29,30)23-11-8-17(14-34-23)20(18-9-12-24(35-15-18)27(31,32)33)4-2-6-25(38)36-22-5-1-3-16-7-10-19(37)13-21(16)22/h1-6,8-9,11-12,14-15,19,37H,7,10,13H2,(H,36,38). The second-order valence-corrected chi connectivity index (χ2v) is 8.63. The molecule has 198 valence electrons. The monoisotopic (exact) mass is 533 g/mol. The van der Waals surface area contributed by atoms with E-state index in [2.05, 4.69) is 15.3 Å². The van der Waals surface area contributed by atoms with Crippen molar-refractivity contribution in [2.45, 2.75) is 37.7 Å². The van der Waals surface area contributed by atoms with Crippen LogP contribution in [0.3, 0.4) is 0 Å². The highest BCUT2D eigenvalue weighted by atomic mass is 19.4. The summed E-state index contributed by atoms with van der Waals surface area (Å²) in [5, 5.41) is 12.7. The first kappa shape index (κ1) is 27.1. The Morgan fingerprint density at radius 1 is 0.921 bits per heavy atom. The number of allylic oxidation sites excluding steroid dienone is 2. The number of aliphatic hydroxyl groups is 1. The smallest absolute Gasteiger partial charge is 0.393 e. The molecule has 4 rings (SSSR count). The van der Waals surface area contributed by atoms with Crippen molar-refractivity contribution in [2.75, 3.05) is 5.32 Å². The number of benzene rings is 1. The van der Waals surface area contributed by atoms with Gasteiger partial charge in [-0.1, -0.05) is 36.4 Å². The number of carbonyl (C=O) groups is 1. The van der Waals surface area contributed by atoms with E-state index in [0.717, 1.165) is 47.8 Å². The Morgan fingerprint density at radius 3 is 2.05 bits per heavy atom. The van der Waals surface area contributed by atoms with Gasteiger partial charge in [-0.25, -0.2) is 0 Å². The molecule has 1 atom stereocenters. The van der Waals surface area contributed by atoms with Crippen LogP contribution in [0.4, 0.5) is 32.0 Å². The number of halogens is 6. The molecule has 38 heavy (non-hydrogen) atoms. The van der Waals surface area contributed by atoms with E-state index in [1.807, 2.05) is 6.07 Å². The Labute approximate surface area is 213 Å². The minimum absolute atomic E-state index is 0.177. The molecule has 1 aromatic carbocycles. The summed E-state index contributed by atoms with van der Waals surface area (Å²) in [6, 6.07) is 9.21. The van der Waals surface area contributed by atoms with E-state index >= 15 is 0 Å². The topological polar surface area (TPSA) is 75.1 Å². The third kappa shape index (κ3) is 6.46. The fourth-order valence-corrected chi connectivity index (χ4v) is 4.09. The summed E-state index contributed by atoms with van der Waals surface area (Å²) in [5.74, 6) is -0.509. The van der Waals surface area contributed by atoms with Crippen LogP contribution in [0.1, 0.15) is 40.1 Å². The zero-order valence-electron chi connectivity index (χ0n) is 19.6. The lowest BCUT2D eigenvalue weighted by molar-refractivity contribution is -0.141.